The number of ether oxygens (including phenoxy) is 2. The third-order valence-corrected chi connectivity index (χ3v) is 4.38. The molecule has 0 bridgehead atoms. The number of nitrogens with zero attached hydrogens (tertiary/aromatic N) is 3. The van der Waals surface area contributed by atoms with Gasteiger partial charge in [-0.2, -0.15) is 5.10 Å². The highest BCUT2D eigenvalue weighted by molar-refractivity contribution is 6.32. The van der Waals surface area contributed by atoms with Crippen molar-refractivity contribution in [2.24, 2.45) is 0 Å². The molecule has 0 atom stereocenters. The first-order valence-corrected chi connectivity index (χ1v) is 9.14. The fourth-order valence-corrected chi connectivity index (χ4v) is 3.03. The van der Waals surface area contributed by atoms with Crippen LogP contribution in [0, 0.1) is 0 Å². The van der Waals surface area contributed by atoms with Crippen LogP contribution in [0.3, 0.4) is 0 Å². The molecule has 0 unspecified atom stereocenters. The van der Waals surface area contributed by atoms with Crippen LogP contribution in [0.2, 0.25) is 5.02 Å². The molecule has 1 fully saturated rings. The summed E-state index contributed by atoms with van der Waals surface area (Å²) >= 11 is 6.26. The summed E-state index contributed by atoms with van der Waals surface area (Å²) in [6.45, 7) is 6.87. The zero-order valence-electron chi connectivity index (χ0n) is 15.3. The Hall–Kier alpha value is -2.21. The predicted molar refractivity (Wildman–Crippen MR) is 100 cm³/mol. The van der Waals surface area contributed by atoms with Gasteiger partial charge in [-0.15, -0.1) is 0 Å². The molecule has 3 rings (SSSR count). The second kappa shape index (κ2) is 7.58. The highest BCUT2D eigenvalue weighted by Crippen LogP contribution is 2.27. The first-order valence-electron chi connectivity index (χ1n) is 8.76. The number of aromatic nitrogens is 2. The van der Waals surface area contributed by atoms with Gasteiger partial charge in [0, 0.05) is 44.4 Å². The van der Waals surface area contributed by atoms with Crippen LogP contribution < -0.4 is 4.74 Å². The van der Waals surface area contributed by atoms with Gasteiger partial charge in [0.05, 0.1) is 10.7 Å². The van der Waals surface area contributed by atoms with Crippen LogP contribution in [0.5, 0.6) is 5.75 Å². The lowest BCUT2D eigenvalue weighted by Crippen LogP contribution is -2.44. The predicted octanol–water partition coefficient (Wildman–Crippen LogP) is 4.30. The molecule has 1 aliphatic rings. The van der Waals surface area contributed by atoms with Crippen molar-refractivity contribution in [2.75, 3.05) is 13.1 Å². The molecule has 1 saturated heterocycles. The number of hydrogen-bond donors (Lipinski definition) is 0. The van der Waals surface area contributed by atoms with E-state index in [1.54, 1.807) is 15.8 Å². The average Bonchev–Trinajstić information content (AvgIpc) is 3.10. The van der Waals surface area contributed by atoms with Crippen molar-refractivity contribution in [2.45, 2.75) is 45.3 Å². The lowest BCUT2D eigenvalue weighted by atomic mass is 10.1. The fraction of sp³-hybridized carbons (Fsp3) is 0.474. The molecule has 1 aliphatic heterocycles. The number of amides is 1. The van der Waals surface area contributed by atoms with Gasteiger partial charge in [0.15, 0.2) is 0 Å². The van der Waals surface area contributed by atoms with Crippen LogP contribution in [0.15, 0.2) is 36.7 Å². The maximum atomic E-state index is 12.1. The summed E-state index contributed by atoms with van der Waals surface area (Å²) in [4.78, 5) is 13.9. The van der Waals surface area contributed by atoms with E-state index in [-0.39, 0.29) is 12.2 Å². The van der Waals surface area contributed by atoms with Crippen molar-refractivity contribution in [1.29, 1.82) is 0 Å². The van der Waals surface area contributed by atoms with Crippen LogP contribution in [-0.2, 0) is 4.74 Å². The monoisotopic (exact) mass is 377 g/mol. The number of benzene rings is 1. The van der Waals surface area contributed by atoms with E-state index in [1.165, 1.54) is 0 Å². The smallest absolute Gasteiger partial charge is 0.410 e. The lowest BCUT2D eigenvalue weighted by Gasteiger charge is -2.33. The summed E-state index contributed by atoms with van der Waals surface area (Å²) < 4.78 is 13.2. The number of piperidine rings is 1. The highest BCUT2D eigenvalue weighted by atomic mass is 35.5. The summed E-state index contributed by atoms with van der Waals surface area (Å²) in [6, 6.07) is 7.39. The normalized spacial score (nSPS) is 15.8. The van der Waals surface area contributed by atoms with E-state index in [0.717, 1.165) is 24.3 Å². The molecule has 0 spiro atoms. The van der Waals surface area contributed by atoms with E-state index in [9.17, 15) is 4.79 Å². The van der Waals surface area contributed by atoms with Gasteiger partial charge in [0.2, 0.25) is 0 Å². The minimum absolute atomic E-state index is 0.0559. The minimum atomic E-state index is -0.476. The van der Waals surface area contributed by atoms with E-state index in [4.69, 9.17) is 21.1 Å². The maximum Gasteiger partial charge on any atom is 0.410 e. The van der Waals surface area contributed by atoms with E-state index in [0.29, 0.717) is 18.1 Å². The van der Waals surface area contributed by atoms with Gasteiger partial charge in [-0.3, -0.25) is 0 Å². The van der Waals surface area contributed by atoms with Crippen LogP contribution >= 0.6 is 11.6 Å². The molecule has 1 aromatic carbocycles. The molecule has 0 saturated carbocycles. The molecule has 1 amide bonds. The van der Waals surface area contributed by atoms with Gasteiger partial charge in [0.25, 0.3) is 0 Å². The Kier molecular flexibility index (Phi) is 5.41. The molecule has 140 valence electrons. The number of hydrogen-bond acceptors (Lipinski definition) is 4. The van der Waals surface area contributed by atoms with Gasteiger partial charge >= 0.3 is 6.09 Å². The molecular weight excluding hydrogens is 354 g/mol. The van der Waals surface area contributed by atoms with Gasteiger partial charge < -0.3 is 14.4 Å². The molecule has 26 heavy (non-hydrogen) atoms. The quantitative estimate of drug-likeness (QED) is 0.800. The number of rotatable bonds is 3. The topological polar surface area (TPSA) is 56.6 Å². The Bertz CT molecular complexity index is 748. The largest absolute Gasteiger partial charge is 0.490 e. The standard InChI is InChI=1S/C19H24ClN3O3/c1-19(2,3)26-18(24)22-11-7-14(8-12-22)25-15-5-6-16(20)17(13-15)23-10-4-9-21-23/h4-6,9-10,13-14H,7-8,11-12H2,1-3H3. The molecule has 0 radical (unpaired) electrons. The third kappa shape index (κ3) is 4.69. The van der Waals surface area contributed by atoms with Crippen molar-refractivity contribution in [1.82, 2.24) is 14.7 Å². The summed E-state index contributed by atoms with van der Waals surface area (Å²) in [5.41, 5.74) is 0.303. The number of carbonyl (C=O) groups excluding carboxylic acids is 1. The SMILES string of the molecule is CC(C)(C)OC(=O)N1CCC(Oc2ccc(Cl)c(-n3cccn3)c2)CC1. The lowest BCUT2D eigenvalue weighted by molar-refractivity contribution is 0.0126. The van der Waals surface area contributed by atoms with Crippen LogP contribution in [-0.4, -0.2) is 45.6 Å². The summed E-state index contributed by atoms with van der Waals surface area (Å²) in [6.07, 6.45) is 4.86. The molecule has 0 N–H and O–H groups in total. The molecule has 0 aliphatic carbocycles. The Labute approximate surface area is 158 Å². The summed E-state index contributed by atoms with van der Waals surface area (Å²) in [5.74, 6) is 0.746. The van der Waals surface area contributed by atoms with Crippen molar-refractivity contribution in [3.05, 3.63) is 41.7 Å². The maximum absolute atomic E-state index is 12.1. The Morgan fingerprint density at radius 1 is 1.27 bits per heavy atom. The first-order chi connectivity index (χ1) is 12.3. The number of likely N-dealkylation sites (tertiary alicyclic amines) is 1. The Morgan fingerprint density at radius 2 is 2.00 bits per heavy atom. The van der Waals surface area contributed by atoms with E-state index < -0.39 is 5.60 Å². The van der Waals surface area contributed by atoms with Crippen molar-refractivity contribution >= 4 is 17.7 Å². The summed E-state index contributed by atoms with van der Waals surface area (Å²) in [5, 5.41) is 4.82. The van der Waals surface area contributed by atoms with Crippen LogP contribution in [0.1, 0.15) is 33.6 Å². The van der Waals surface area contributed by atoms with Gasteiger partial charge in [-0.1, -0.05) is 11.6 Å². The Balaban J connectivity index is 1.58. The number of carbonyl (C=O) groups is 1. The highest BCUT2D eigenvalue weighted by Gasteiger charge is 2.27. The number of halogens is 1. The second-order valence-corrected chi connectivity index (χ2v) is 7.76. The first kappa shape index (κ1) is 18.6. The van der Waals surface area contributed by atoms with Crippen LogP contribution in [0.4, 0.5) is 4.79 Å². The minimum Gasteiger partial charge on any atom is -0.490 e. The van der Waals surface area contributed by atoms with Gasteiger partial charge in [-0.05, 0) is 39.0 Å². The molecule has 1 aromatic heterocycles. The Morgan fingerprint density at radius 3 is 2.62 bits per heavy atom. The van der Waals surface area contributed by atoms with E-state index in [2.05, 4.69) is 5.10 Å². The molecule has 2 aromatic rings. The molecule has 2 heterocycles. The van der Waals surface area contributed by atoms with E-state index >= 15 is 0 Å². The second-order valence-electron chi connectivity index (χ2n) is 7.35. The van der Waals surface area contributed by atoms with Crippen LogP contribution in [0.25, 0.3) is 5.69 Å². The molecule has 7 heteroatoms. The van der Waals surface area contributed by atoms with Gasteiger partial charge in [0.1, 0.15) is 17.5 Å². The van der Waals surface area contributed by atoms with Crippen molar-refractivity contribution < 1.29 is 14.3 Å². The zero-order chi connectivity index (χ0) is 18.7. The van der Waals surface area contributed by atoms with Gasteiger partial charge in [-0.25, -0.2) is 9.48 Å². The fourth-order valence-electron chi connectivity index (χ4n) is 2.83. The summed E-state index contributed by atoms with van der Waals surface area (Å²) in [7, 11) is 0. The molecular formula is C19H24ClN3O3. The van der Waals surface area contributed by atoms with Crippen molar-refractivity contribution in [3.63, 3.8) is 0 Å². The molecule has 6 nitrogen and oxygen atoms in total. The average molecular weight is 378 g/mol. The zero-order valence-corrected chi connectivity index (χ0v) is 16.1. The third-order valence-electron chi connectivity index (χ3n) is 4.07. The van der Waals surface area contributed by atoms with E-state index in [1.807, 2.05) is 51.2 Å². The van der Waals surface area contributed by atoms with Crippen molar-refractivity contribution in [3.8, 4) is 11.4 Å².